The first-order valence-electron chi connectivity index (χ1n) is 14.5. The van der Waals surface area contributed by atoms with Crippen molar-refractivity contribution < 1.29 is 22.7 Å². The molecule has 3 aromatic rings. The Labute approximate surface area is 243 Å². The predicted molar refractivity (Wildman–Crippen MR) is 158 cm³/mol. The van der Waals surface area contributed by atoms with Crippen LogP contribution in [0, 0.1) is 13.8 Å². The smallest absolute Gasteiger partial charge is 0.249 e. The van der Waals surface area contributed by atoms with Crippen LogP contribution in [0.4, 0.5) is 0 Å². The van der Waals surface area contributed by atoms with Crippen LogP contribution in [-0.4, -0.2) is 67.6 Å². The lowest BCUT2D eigenvalue weighted by atomic mass is 10.00. The van der Waals surface area contributed by atoms with E-state index in [1.807, 2.05) is 29.2 Å². The summed E-state index contributed by atoms with van der Waals surface area (Å²) >= 11 is 0. The fourth-order valence-electron chi connectivity index (χ4n) is 6.39. The molecule has 0 radical (unpaired) electrons. The number of hydrogen-bond donors (Lipinski definition) is 0. The summed E-state index contributed by atoms with van der Waals surface area (Å²) in [5.41, 5.74) is 3.73. The number of aromatic nitrogens is 1. The summed E-state index contributed by atoms with van der Waals surface area (Å²) in [6.07, 6.45) is 6.22. The Morgan fingerprint density at radius 3 is 2.46 bits per heavy atom. The van der Waals surface area contributed by atoms with Crippen molar-refractivity contribution in [2.45, 2.75) is 69.5 Å². The number of rotatable bonds is 10. The largest absolute Gasteiger partial charge is 0.497 e. The number of fused-ring (bicyclic) bond motifs is 1. The number of amides is 1. The fraction of sp³-hybridized carbons (Fsp3) is 0.469. The summed E-state index contributed by atoms with van der Waals surface area (Å²) in [5.74, 6) is 0.589. The van der Waals surface area contributed by atoms with Crippen LogP contribution in [0.15, 0.2) is 65.7 Å². The Morgan fingerprint density at radius 2 is 1.73 bits per heavy atom. The van der Waals surface area contributed by atoms with Crippen molar-refractivity contribution in [2.75, 3.05) is 33.4 Å². The number of sulfonamides is 1. The second kappa shape index (κ2) is 12.8. The molecule has 2 aromatic carbocycles. The van der Waals surface area contributed by atoms with E-state index in [4.69, 9.17) is 9.47 Å². The number of carbonyl (C=O) groups is 1. The van der Waals surface area contributed by atoms with Crippen molar-refractivity contribution in [1.29, 1.82) is 0 Å². The summed E-state index contributed by atoms with van der Waals surface area (Å²) < 4.78 is 42.9. The maximum atomic E-state index is 13.9. The summed E-state index contributed by atoms with van der Waals surface area (Å²) in [6.45, 7) is 5.57. The lowest BCUT2D eigenvalue weighted by Crippen LogP contribution is -2.47. The molecule has 220 valence electrons. The standard InChI is InChI=1S/C32H41N3O5S/c1-24-20-28(39-3)21-25(2)32(24)41(37,38)35-17-8-7-12-27(35)22-40-23-31(36)34-19-18-33-16-9-13-29(33)30(34)15-14-26-10-5-4-6-11-26/h4-6,9-11,13,16,20-21,27,30H,7-8,12,14-15,17-19,22-23H2,1-3H3. The number of methoxy groups -OCH3 is 1. The highest BCUT2D eigenvalue weighted by atomic mass is 32.2. The average Bonchev–Trinajstić information content (AvgIpc) is 3.45. The molecule has 0 spiro atoms. The first-order valence-corrected chi connectivity index (χ1v) is 16.0. The van der Waals surface area contributed by atoms with Crippen molar-refractivity contribution in [3.63, 3.8) is 0 Å². The predicted octanol–water partition coefficient (Wildman–Crippen LogP) is 4.89. The van der Waals surface area contributed by atoms with Gasteiger partial charge in [0.15, 0.2) is 0 Å². The fourth-order valence-corrected chi connectivity index (χ4v) is 8.48. The molecule has 41 heavy (non-hydrogen) atoms. The number of benzene rings is 2. The van der Waals surface area contributed by atoms with Gasteiger partial charge >= 0.3 is 0 Å². The Morgan fingerprint density at radius 1 is 0.976 bits per heavy atom. The first-order chi connectivity index (χ1) is 19.8. The van der Waals surface area contributed by atoms with E-state index in [0.717, 1.165) is 37.9 Å². The van der Waals surface area contributed by atoms with Gasteiger partial charge in [-0.2, -0.15) is 4.31 Å². The van der Waals surface area contributed by atoms with Gasteiger partial charge in [0.25, 0.3) is 0 Å². The number of piperidine rings is 1. The molecule has 3 heterocycles. The third kappa shape index (κ3) is 6.37. The van der Waals surface area contributed by atoms with Crippen LogP contribution >= 0.6 is 0 Å². The van der Waals surface area contributed by atoms with Gasteiger partial charge in [0.1, 0.15) is 12.4 Å². The van der Waals surface area contributed by atoms with Crippen molar-refractivity contribution in [1.82, 2.24) is 13.8 Å². The number of aryl methyl sites for hydroxylation is 3. The molecule has 2 atom stereocenters. The molecule has 2 aliphatic heterocycles. The van der Waals surface area contributed by atoms with E-state index in [2.05, 4.69) is 29.0 Å². The van der Waals surface area contributed by atoms with E-state index < -0.39 is 10.0 Å². The van der Waals surface area contributed by atoms with E-state index in [0.29, 0.717) is 41.3 Å². The third-order valence-corrected chi connectivity index (χ3v) is 10.6. The molecule has 5 rings (SSSR count). The maximum absolute atomic E-state index is 13.9. The molecule has 0 saturated carbocycles. The van der Waals surface area contributed by atoms with Crippen LogP contribution in [0.3, 0.4) is 0 Å². The van der Waals surface area contributed by atoms with Gasteiger partial charge in [0.2, 0.25) is 15.9 Å². The van der Waals surface area contributed by atoms with Crippen LogP contribution in [0.2, 0.25) is 0 Å². The summed E-state index contributed by atoms with van der Waals surface area (Å²) in [6, 6.07) is 17.7. The van der Waals surface area contributed by atoms with Crippen LogP contribution in [0.25, 0.3) is 0 Å². The second-order valence-electron chi connectivity index (χ2n) is 11.1. The maximum Gasteiger partial charge on any atom is 0.249 e. The van der Waals surface area contributed by atoms with E-state index in [-0.39, 0.29) is 31.2 Å². The van der Waals surface area contributed by atoms with Crippen molar-refractivity contribution >= 4 is 15.9 Å². The number of carbonyl (C=O) groups excluding carboxylic acids is 1. The van der Waals surface area contributed by atoms with Crippen LogP contribution in [0.1, 0.15) is 54.1 Å². The SMILES string of the molecule is COc1cc(C)c(S(=O)(=O)N2CCCCC2COCC(=O)N2CCn3cccc3C2CCc2ccccc2)c(C)c1. The molecule has 2 aliphatic rings. The molecule has 1 amide bonds. The normalized spacial score (nSPS) is 19.6. The van der Waals surface area contributed by atoms with E-state index >= 15 is 0 Å². The van der Waals surface area contributed by atoms with Gasteiger partial charge in [-0.1, -0.05) is 36.8 Å². The number of hydrogen-bond acceptors (Lipinski definition) is 5. The number of nitrogens with zero attached hydrogens (tertiary/aromatic N) is 3. The molecule has 1 aromatic heterocycles. The monoisotopic (exact) mass is 579 g/mol. The van der Waals surface area contributed by atoms with Gasteiger partial charge in [0.05, 0.1) is 24.7 Å². The van der Waals surface area contributed by atoms with Crippen molar-refractivity contribution in [3.8, 4) is 5.75 Å². The van der Waals surface area contributed by atoms with Crippen LogP contribution in [-0.2, 0) is 32.5 Å². The van der Waals surface area contributed by atoms with E-state index in [9.17, 15) is 13.2 Å². The first kappa shape index (κ1) is 29.4. The van der Waals surface area contributed by atoms with Gasteiger partial charge in [-0.05, 0) is 80.5 Å². The molecular weight excluding hydrogens is 538 g/mol. The summed E-state index contributed by atoms with van der Waals surface area (Å²) in [7, 11) is -2.16. The molecule has 0 aliphatic carbocycles. The molecule has 2 unspecified atom stereocenters. The zero-order chi connectivity index (χ0) is 29.0. The average molecular weight is 580 g/mol. The molecule has 1 fully saturated rings. The zero-order valence-corrected chi connectivity index (χ0v) is 25.1. The van der Waals surface area contributed by atoms with Gasteiger partial charge in [-0.25, -0.2) is 8.42 Å². The van der Waals surface area contributed by atoms with E-state index in [1.54, 1.807) is 37.4 Å². The van der Waals surface area contributed by atoms with Crippen molar-refractivity contribution in [2.24, 2.45) is 0 Å². The van der Waals surface area contributed by atoms with Crippen molar-refractivity contribution in [3.05, 3.63) is 83.2 Å². The van der Waals surface area contributed by atoms with Gasteiger partial charge in [0, 0.05) is 37.6 Å². The Kier molecular flexibility index (Phi) is 9.16. The zero-order valence-electron chi connectivity index (χ0n) is 24.3. The Balaban J connectivity index is 1.25. The molecule has 8 nitrogen and oxygen atoms in total. The van der Waals surface area contributed by atoms with Crippen LogP contribution in [0.5, 0.6) is 5.75 Å². The molecule has 0 bridgehead atoms. The Bertz CT molecular complexity index is 1430. The lowest BCUT2D eigenvalue weighted by molar-refractivity contribution is -0.140. The van der Waals surface area contributed by atoms with Gasteiger partial charge in [-0.3, -0.25) is 4.79 Å². The van der Waals surface area contributed by atoms with E-state index in [1.165, 1.54) is 5.56 Å². The quantitative estimate of drug-likeness (QED) is 0.342. The summed E-state index contributed by atoms with van der Waals surface area (Å²) in [4.78, 5) is 15.8. The molecule has 0 N–H and O–H groups in total. The minimum atomic E-state index is -3.74. The highest BCUT2D eigenvalue weighted by Gasteiger charge is 2.36. The molecular formula is C32H41N3O5S. The van der Waals surface area contributed by atoms with Gasteiger partial charge in [-0.15, -0.1) is 0 Å². The number of ether oxygens (including phenoxy) is 2. The molecule has 9 heteroatoms. The van der Waals surface area contributed by atoms with Crippen LogP contribution < -0.4 is 4.74 Å². The minimum Gasteiger partial charge on any atom is -0.497 e. The second-order valence-corrected chi connectivity index (χ2v) is 13.0. The lowest BCUT2D eigenvalue weighted by Gasteiger charge is -2.38. The highest BCUT2D eigenvalue weighted by molar-refractivity contribution is 7.89. The summed E-state index contributed by atoms with van der Waals surface area (Å²) in [5, 5.41) is 0. The van der Waals surface area contributed by atoms with Gasteiger partial charge < -0.3 is 18.9 Å². The minimum absolute atomic E-state index is 0.0253. The Hall–Kier alpha value is -3.14. The third-order valence-electron chi connectivity index (χ3n) is 8.38. The topological polar surface area (TPSA) is 81.1 Å². The molecule has 1 saturated heterocycles. The highest BCUT2D eigenvalue weighted by Crippen LogP contribution is 2.33.